The van der Waals surface area contributed by atoms with Gasteiger partial charge >= 0.3 is 0 Å². The SMILES string of the molecule is N=C(N)C1CCC2CC(C(=O)NCC3CCNCC3)N(CCS(=O)(=O)C3CCCCC3)C2C1. The Morgan fingerprint density at radius 3 is 2.45 bits per heavy atom. The van der Waals surface area contributed by atoms with Crippen molar-refractivity contribution in [2.45, 2.75) is 88.0 Å². The molecule has 9 heteroatoms. The van der Waals surface area contributed by atoms with Crippen molar-refractivity contribution >= 4 is 21.6 Å². The Bertz CT molecular complexity index is 792. The van der Waals surface area contributed by atoms with E-state index in [4.69, 9.17) is 11.1 Å². The van der Waals surface area contributed by atoms with Crippen LogP contribution in [0.3, 0.4) is 0 Å². The molecule has 4 rings (SSSR count). The minimum atomic E-state index is -3.16. The van der Waals surface area contributed by atoms with Crippen molar-refractivity contribution < 1.29 is 13.2 Å². The molecule has 4 aliphatic rings. The van der Waals surface area contributed by atoms with Crippen molar-refractivity contribution in [3.8, 4) is 0 Å². The Kier molecular flexibility index (Phi) is 8.33. The van der Waals surface area contributed by atoms with Gasteiger partial charge in [-0.2, -0.15) is 0 Å². The second-order valence-corrected chi connectivity index (χ2v) is 13.2. The predicted octanol–water partition coefficient (Wildman–Crippen LogP) is 1.64. The summed E-state index contributed by atoms with van der Waals surface area (Å²) in [5.74, 6) is 1.34. The number of carbonyl (C=O) groups excluding carboxylic acids is 1. The van der Waals surface area contributed by atoms with E-state index in [9.17, 15) is 13.2 Å². The lowest BCUT2D eigenvalue weighted by Crippen LogP contribution is -2.50. The number of fused-ring (bicyclic) bond motifs is 1. The summed E-state index contributed by atoms with van der Waals surface area (Å²) in [7, 11) is -3.16. The summed E-state index contributed by atoms with van der Waals surface area (Å²) in [4.78, 5) is 15.5. The van der Waals surface area contributed by atoms with Crippen LogP contribution in [-0.4, -0.2) is 74.3 Å². The van der Waals surface area contributed by atoms with E-state index in [2.05, 4.69) is 15.5 Å². The molecule has 0 aromatic rings. The van der Waals surface area contributed by atoms with E-state index in [1.165, 1.54) is 0 Å². The van der Waals surface area contributed by atoms with Gasteiger partial charge in [0.05, 0.1) is 22.9 Å². The van der Waals surface area contributed by atoms with Crippen LogP contribution >= 0.6 is 0 Å². The number of hydrogen-bond donors (Lipinski definition) is 4. The van der Waals surface area contributed by atoms with Crippen LogP contribution in [0.1, 0.15) is 70.6 Å². The fourth-order valence-electron chi connectivity index (χ4n) is 6.68. The molecule has 2 aliphatic carbocycles. The maximum absolute atomic E-state index is 13.3. The quantitative estimate of drug-likeness (QED) is 0.308. The van der Waals surface area contributed by atoms with Gasteiger partial charge in [0.15, 0.2) is 9.84 Å². The van der Waals surface area contributed by atoms with Gasteiger partial charge in [0.1, 0.15) is 0 Å². The van der Waals surface area contributed by atoms with Crippen LogP contribution in [0.2, 0.25) is 0 Å². The molecule has 4 unspecified atom stereocenters. The normalized spacial score (nSPS) is 32.4. The fourth-order valence-corrected chi connectivity index (χ4v) is 8.53. The first kappa shape index (κ1) is 24.9. The van der Waals surface area contributed by atoms with Crippen molar-refractivity contribution in [3.63, 3.8) is 0 Å². The Labute approximate surface area is 199 Å². The van der Waals surface area contributed by atoms with Crippen LogP contribution in [0, 0.1) is 23.2 Å². The zero-order valence-electron chi connectivity index (χ0n) is 19.9. The topological polar surface area (TPSA) is 128 Å². The molecule has 4 fully saturated rings. The zero-order chi connectivity index (χ0) is 23.4. The zero-order valence-corrected chi connectivity index (χ0v) is 20.8. The Hall–Kier alpha value is -1.19. The second kappa shape index (κ2) is 11.0. The highest BCUT2D eigenvalue weighted by Crippen LogP contribution is 2.42. The molecule has 0 spiro atoms. The fraction of sp³-hybridized carbons (Fsp3) is 0.917. The maximum Gasteiger partial charge on any atom is 0.237 e. The molecule has 0 bridgehead atoms. The largest absolute Gasteiger partial charge is 0.387 e. The van der Waals surface area contributed by atoms with E-state index in [0.717, 1.165) is 83.7 Å². The van der Waals surface area contributed by atoms with E-state index in [-0.39, 0.29) is 40.7 Å². The van der Waals surface area contributed by atoms with Crippen LogP contribution in [0.25, 0.3) is 0 Å². The molecule has 5 N–H and O–H groups in total. The third-order valence-corrected chi connectivity index (χ3v) is 11.0. The Balaban J connectivity index is 1.43. The number of sulfone groups is 1. The summed E-state index contributed by atoms with van der Waals surface area (Å²) in [5.41, 5.74) is 5.85. The predicted molar refractivity (Wildman–Crippen MR) is 131 cm³/mol. The van der Waals surface area contributed by atoms with E-state index >= 15 is 0 Å². The van der Waals surface area contributed by atoms with Gasteiger partial charge < -0.3 is 16.4 Å². The molecule has 2 aliphatic heterocycles. The van der Waals surface area contributed by atoms with E-state index in [1.54, 1.807) is 0 Å². The summed E-state index contributed by atoms with van der Waals surface area (Å²) in [6.45, 7) is 3.13. The molecule has 2 saturated heterocycles. The minimum Gasteiger partial charge on any atom is -0.387 e. The van der Waals surface area contributed by atoms with Crippen molar-refractivity contribution in [2.24, 2.45) is 23.5 Å². The molecule has 8 nitrogen and oxygen atoms in total. The van der Waals surface area contributed by atoms with E-state index < -0.39 is 9.84 Å². The third-order valence-electron chi connectivity index (χ3n) is 8.77. The monoisotopic (exact) mass is 481 g/mol. The molecule has 2 heterocycles. The molecule has 0 aromatic carbocycles. The van der Waals surface area contributed by atoms with Gasteiger partial charge in [0.25, 0.3) is 0 Å². The lowest BCUT2D eigenvalue weighted by atomic mass is 9.78. The number of rotatable bonds is 8. The van der Waals surface area contributed by atoms with Gasteiger partial charge in [-0.05, 0) is 76.3 Å². The van der Waals surface area contributed by atoms with Crippen LogP contribution < -0.4 is 16.4 Å². The number of nitrogens with one attached hydrogen (secondary N) is 3. The number of nitrogens with two attached hydrogens (primary N) is 1. The number of amidine groups is 1. The van der Waals surface area contributed by atoms with Crippen molar-refractivity contribution in [1.82, 2.24) is 15.5 Å². The first-order valence-corrected chi connectivity index (χ1v) is 14.9. The minimum absolute atomic E-state index is 0.0419. The highest BCUT2D eigenvalue weighted by molar-refractivity contribution is 7.92. The lowest BCUT2D eigenvalue weighted by molar-refractivity contribution is -0.126. The third kappa shape index (κ3) is 6.09. The second-order valence-electron chi connectivity index (χ2n) is 10.8. The standard InChI is InChI=1S/C24H43N5O3S/c25-23(26)19-7-6-18-14-22(24(30)28-16-17-8-10-27-11-9-17)29(21(18)15-19)12-13-33(31,32)20-4-2-1-3-5-20/h17-22,27H,1-16H2,(H3,25,26)(H,28,30). The molecule has 1 amide bonds. The molecular formula is C24H43N5O3S. The first-order chi connectivity index (χ1) is 15.8. The van der Waals surface area contributed by atoms with E-state index in [1.807, 2.05) is 0 Å². The van der Waals surface area contributed by atoms with Crippen LogP contribution in [0.5, 0.6) is 0 Å². The van der Waals surface area contributed by atoms with Gasteiger partial charge in [-0.15, -0.1) is 0 Å². The van der Waals surface area contributed by atoms with Crippen LogP contribution in [0.15, 0.2) is 0 Å². The number of likely N-dealkylation sites (tertiary alicyclic amines) is 1. The molecule has 2 saturated carbocycles. The molecule has 0 aromatic heterocycles. The summed E-state index contributed by atoms with van der Waals surface area (Å²) in [5, 5.41) is 14.3. The number of carbonyl (C=O) groups is 1. The van der Waals surface area contributed by atoms with Gasteiger partial charge in [0, 0.05) is 25.0 Å². The average Bonchev–Trinajstić information content (AvgIpc) is 3.20. The van der Waals surface area contributed by atoms with E-state index in [0.29, 0.717) is 24.9 Å². The van der Waals surface area contributed by atoms with Crippen molar-refractivity contribution in [3.05, 3.63) is 0 Å². The smallest absolute Gasteiger partial charge is 0.237 e. The number of piperidine rings is 1. The average molecular weight is 482 g/mol. The highest BCUT2D eigenvalue weighted by atomic mass is 32.2. The molecular weight excluding hydrogens is 438 g/mol. The van der Waals surface area contributed by atoms with Gasteiger partial charge in [-0.25, -0.2) is 8.42 Å². The van der Waals surface area contributed by atoms with Crippen LogP contribution in [-0.2, 0) is 14.6 Å². The summed E-state index contributed by atoms with van der Waals surface area (Å²) >= 11 is 0. The Morgan fingerprint density at radius 1 is 1.03 bits per heavy atom. The summed E-state index contributed by atoms with van der Waals surface area (Å²) < 4.78 is 26.2. The van der Waals surface area contributed by atoms with Gasteiger partial charge in [-0.1, -0.05) is 19.3 Å². The van der Waals surface area contributed by atoms with Crippen LogP contribution in [0.4, 0.5) is 0 Å². The van der Waals surface area contributed by atoms with Crippen molar-refractivity contribution in [1.29, 1.82) is 5.41 Å². The summed E-state index contributed by atoms with van der Waals surface area (Å²) in [6, 6.07) is -0.127. The maximum atomic E-state index is 13.3. The molecule has 33 heavy (non-hydrogen) atoms. The van der Waals surface area contributed by atoms with Crippen molar-refractivity contribution in [2.75, 3.05) is 31.9 Å². The molecule has 4 atom stereocenters. The first-order valence-electron chi connectivity index (χ1n) is 13.1. The summed E-state index contributed by atoms with van der Waals surface area (Å²) in [6.07, 6.45) is 10.3. The van der Waals surface area contributed by atoms with Gasteiger partial charge in [-0.3, -0.25) is 15.1 Å². The van der Waals surface area contributed by atoms with Gasteiger partial charge in [0.2, 0.25) is 5.91 Å². The molecule has 0 radical (unpaired) electrons. The number of amides is 1. The Morgan fingerprint density at radius 2 is 1.76 bits per heavy atom. The lowest BCUT2D eigenvalue weighted by Gasteiger charge is -2.37. The number of nitrogens with zero attached hydrogens (tertiary/aromatic N) is 1. The molecule has 188 valence electrons. The number of hydrogen-bond acceptors (Lipinski definition) is 6. The highest BCUT2D eigenvalue weighted by Gasteiger charge is 2.47.